The third-order valence-corrected chi connectivity index (χ3v) is 4.00. The van der Waals surface area contributed by atoms with E-state index in [4.69, 9.17) is 5.11 Å². The van der Waals surface area contributed by atoms with Crippen LogP contribution >= 0.6 is 0 Å². The Kier molecular flexibility index (Phi) is 5.51. The lowest BCUT2D eigenvalue weighted by molar-refractivity contribution is -0.148. The third-order valence-electron chi connectivity index (χ3n) is 4.00. The van der Waals surface area contributed by atoms with Crippen LogP contribution in [-0.2, 0) is 22.6 Å². The van der Waals surface area contributed by atoms with Gasteiger partial charge in [-0.2, -0.15) is 5.10 Å². The number of aromatic nitrogens is 3. The number of carbonyl (C=O) groups is 3. The molecule has 3 aromatic rings. The number of aliphatic carboxylic acids is 1. The van der Waals surface area contributed by atoms with Gasteiger partial charge in [-0.3, -0.25) is 9.59 Å². The van der Waals surface area contributed by atoms with E-state index in [9.17, 15) is 14.4 Å². The van der Waals surface area contributed by atoms with Gasteiger partial charge in [-0.05, 0) is 35.2 Å². The molecule has 0 saturated heterocycles. The molecule has 0 aliphatic carbocycles. The van der Waals surface area contributed by atoms with Gasteiger partial charge < -0.3 is 5.11 Å². The molecule has 0 amide bonds. The van der Waals surface area contributed by atoms with Gasteiger partial charge in [0.2, 0.25) is 5.78 Å². The topological polar surface area (TPSA) is 102 Å². The van der Waals surface area contributed by atoms with Gasteiger partial charge in [0.05, 0.1) is 13.0 Å². The maximum absolute atomic E-state index is 12.4. The first kappa shape index (κ1) is 18.2. The predicted octanol–water partition coefficient (Wildman–Crippen LogP) is 2.14. The fraction of sp³-hybridized carbons (Fsp3) is 0.150. The average molecular weight is 363 g/mol. The summed E-state index contributed by atoms with van der Waals surface area (Å²) in [5.41, 5.74) is 3.11. The van der Waals surface area contributed by atoms with Crippen LogP contribution in [0.25, 0.3) is 0 Å². The summed E-state index contributed by atoms with van der Waals surface area (Å²) in [6.07, 6.45) is 2.94. The van der Waals surface area contributed by atoms with Crippen LogP contribution in [0.3, 0.4) is 0 Å². The lowest BCUT2D eigenvalue weighted by atomic mass is 9.96. The summed E-state index contributed by atoms with van der Waals surface area (Å²) in [5.74, 6) is -3.24. The summed E-state index contributed by atoms with van der Waals surface area (Å²) in [7, 11) is 0. The number of carbonyl (C=O) groups excluding carboxylic acids is 2. The minimum atomic E-state index is -1.60. The number of hydrogen-bond donors (Lipinski definition) is 1. The van der Waals surface area contributed by atoms with Crippen LogP contribution in [0, 0.1) is 0 Å². The van der Waals surface area contributed by atoms with Crippen molar-refractivity contribution in [2.45, 2.75) is 19.4 Å². The molecular formula is C20H17N3O4. The molecule has 1 N–H and O–H groups in total. The molecule has 7 nitrogen and oxygen atoms in total. The van der Waals surface area contributed by atoms with Crippen molar-refractivity contribution in [3.05, 3.63) is 83.4 Å². The number of ketones is 2. The second kappa shape index (κ2) is 8.18. The molecule has 1 heterocycles. The highest BCUT2D eigenvalue weighted by atomic mass is 16.4. The highest BCUT2D eigenvalue weighted by Gasteiger charge is 2.19. The number of benzene rings is 2. The minimum absolute atomic E-state index is 0.313. The van der Waals surface area contributed by atoms with Gasteiger partial charge in [0.25, 0.3) is 0 Å². The van der Waals surface area contributed by atoms with Crippen LogP contribution in [-0.4, -0.2) is 37.4 Å². The van der Waals surface area contributed by atoms with Crippen molar-refractivity contribution < 1.29 is 19.5 Å². The molecule has 136 valence electrons. The molecule has 0 saturated carbocycles. The second-order valence-corrected chi connectivity index (χ2v) is 6.12. The maximum Gasteiger partial charge on any atom is 0.372 e. The number of Topliss-reactive ketones (excluding diaryl/α,β-unsaturated/α-hetero) is 2. The summed E-state index contributed by atoms with van der Waals surface area (Å²) in [4.78, 5) is 38.4. The number of nitrogens with zero attached hydrogens (tertiary/aromatic N) is 3. The Hall–Kier alpha value is -3.61. The standard InChI is InChI=1S/C20H17N3O4/c24-18(10-19(25)20(26)27)17-8-15(6-14-4-2-1-3-5-14)7-16(9-17)11-23-13-21-12-22-23/h1-5,7-9,12-13H,6,10-11H2,(H,26,27). The number of hydrogen-bond acceptors (Lipinski definition) is 5. The van der Waals surface area contributed by atoms with E-state index in [0.29, 0.717) is 18.5 Å². The summed E-state index contributed by atoms with van der Waals surface area (Å²) in [6, 6.07) is 15.1. The highest BCUT2D eigenvalue weighted by Crippen LogP contribution is 2.17. The first-order chi connectivity index (χ1) is 13.0. The third kappa shape index (κ3) is 4.94. The fourth-order valence-corrected chi connectivity index (χ4v) is 2.77. The van der Waals surface area contributed by atoms with Crippen molar-refractivity contribution in [1.82, 2.24) is 14.8 Å². The second-order valence-electron chi connectivity index (χ2n) is 6.12. The van der Waals surface area contributed by atoms with Crippen molar-refractivity contribution in [2.24, 2.45) is 0 Å². The number of carboxylic acids is 1. The number of carboxylic acid groups (broad SMARTS) is 1. The van der Waals surface area contributed by atoms with E-state index in [2.05, 4.69) is 10.1 Å². The van der Waals surface area contributed by atoms with Crippen LogP contribution in [0.1, 0.15) is 33.5 Å². The summed E-state index contributed by atoms with van der Waals surface area (Å²) < 4.78 is 1.62. The molecular weight excluding hydrogens is 346 g/mol. The molecule has 3 rings (SSSR count). The van der Waals surface area contributed by atoms with Crippen LogP contribution in [0.15, 0.2) is 61.2 Å². The molecule has 7 heteroatoms. The van der Waals surface area contributed by atoms with Crippen molar-refractivity contribution in [3.8, 4) is 0 Å². The number of rotatable bonds is 8. The Morgan fingerprint density at radius 1 is 0.963 bits per heavy atom. The van der Waals surface area contributed by atoms with Crippen molar-refractivity contribution in [1.29, 1.82) is 0 Å². The average Bonchev–Trinajstić information content (AvgIpc) is 3.15. The molecule has 0 atom stereocenters. The monoisotopic (exact) mass is 363 g/mol. The van der Waals surface area contributed by atoms with Crippen LogP contribution in [0.4, 0.5) is 0 Å². The molecule has 0 aliphatic rings. The van der Waals surface area contributed by atoms with Crippen LogP contribution in [0.5, 0.6) is 0 Å². The van der Waals surface area contributed by atoms with Crippen LogP contribution < -0.4 is 0 Å². The van der Waals surface area contributed by atoms with Gasteiger partial charge in [0, 0.05) is 5.56 Å². The first-order valence-corrected chi connectivity index (χ1v) is 8.30. The molecule has 0 aliphatic heterocycles. The lowest BCUT2D eigenvalue weighted by Gasteiger charge is -2.10. The molecule has 2 aromatic carbocycles. The molecule has 0 spiro atoms. The molecule has 27 heavy (non-hydrogen) atoms. The Morgan fingerprint density at radius 3 is 2.37 bits per heavy atom. The zero-order chi connectivity index (χ0) is 19.2. The van der Waals surface area contributed by atoms with Crippen molar-refractivity contribution in [2.75, 3.05) is 0 Å². The van der Waals surface area contributed by atoms with Gasteiger partial charge in [0.15, 0.2) is 5.78 Å². The Bertz CT molecular complexity index is 966. The zero-order valence-electron chi connectivity index (χ0n) is 14.4. The largest absolute Gasteiger partial charge is 0.475 e. The van der Waals surface area contributed by atoms with E-state index in [1.54, 1.807) is 23.1 Å². The van der Waals surface area contributed by atoms with Gasteiger partial charge in [-0.25, -0.2) is 14.5 Å². The smallest absolute Gasteiger partial charge is 0.372 e. The predicted molar refractivity (Wildman–Crippen MR) is 96.4 cm³/mol. The Labute approximate surface area is 155 Å². The molecule has 0 fully saturated rings. The summed E-state index contributed by atoms with van der Waals surface area (Å²) >= 11 is 0. The van der Waals surface area contributed by atoms with Crippen molar-refractivity contribution >= 4 is 17.5 Å². The SMILES string of the molecule is O=C(O)C(=O)CC(=O)c1cc(Cc2ccccc2)cc(Cn2cncn2)c1. The summed E-state index contributed by atoms with van der Waals surface area (Å²) in [6.45, 7) is 0.412. The van der Waals surface area contributed by atoms with E-state index in [1.165, 1.54) is 6.33 Å². The molecule has 1 aromatic heterocycles. The quantitative estimate of drug-likeness (QED) is 0.374. The highest BCUT2D eigenvalue weighted by molar-refractivity contribution is 6.37. The van der Waals surface area contributed by atoms with E-state index < -0.39 is 24.0 Å². The summed E-state index contributed by atoms with van der Waals surface area (Å²) in [5, 5.41) is 12.8. The van der Waals surface area contributed by atoms with Crippen molar-refractivity contribution in [3.63, 3.8) is 0 Å². The molecule has 0 bridgehead atoms. The van der Waals surface area contributed by atoms with E-state index >= 15 is 0 Å². The van der Waals surface area contributed by atoms with E-state index in [0.717, 1.165) is 16.7 Å². The van der Waals surface area contributed by atoms with Gasteiger partial charge >= 0.3 is 5.97 Å². The normalized spacial score (nSPS) is 10.5. The molecule has 0 unspecified atom stereocenters. The first-order valence-electron chi connectivity index (χ1n) is 8.30. The van der Waals surface area contributed by atoms with Gasteiger partial charge in [-0.1, -0.05) is 36.4 Å². The zero-order valence-corrected chi connectivity index (χ0v) is 14.4. The minimum Gasteiger partial charge on any atom is -0.475 e. The Morgan fingerprint density at radius 2 is 1.70 bits per heavy atom. The Balaban J connectivity index is 1.90. The lowest BCUT2D eigenvalue weighted by Crippen LogP contribution is -2.17. The maximum atomic E-state index is 12.4. The molecule has 0 radical (unpaired) electrons. The van der Waals surface area contributed by atoms with Gasteiger partial charge in [-0.15, -0.1) is 0 Å². The van der Waals surface area contributed by atoms with E-state index in [1.807, 2.05) is 36.4 Å². The fourth-order valence-electron chi connectivity index (χ4n) is 2.77. The van der Waals surface area contributed by atoms with Gasteiger partial charge in [0.1, 0.15) is 12.7 Å². The van der Waals surface area contributed by atoms with Crippen LogP contribution in [0.2, 0.25) is 0 Å². The van der Waals surface area contributed by atoms with E-state index in [-0.39, 0.29) is 0 Å².